The van der Waals surface area contributed by atoms with Crippen molar-refractivity contribution in [2.75, 3.05) is 0 Å². The SMILES string of the molecule is N#Cc1c(O)c2c(ccn2-c2ccc(-c3nccs3)cc2)[nH]c1=O. The Morgan fingerprint density at radius 3 is 2.71 bits per heavy atom. The molecule has 0 aliphatic rings. The standard InChI is InChI=1S/C17H10N4O2S/c18-9-12-15(22)14-13(20-16(12)23)5-7-21(14)11-3-1-10(2-4-11)17-19-6-8-24-17/h1-8H,(H2,20,22,23). The molecule has 116 valence electrons. The number of aromatic amines is 1. The molecule has 0 fully saturated rings. The van der Waals surface area contributed by atoms with E-state index in [9.17, 15) is 9.90 Å². The lowest BCUT2D eigenvalue weighted by Crippen LogP contribution is -2.10. The molecular weight excluding hydrogens is 324 g/mol. The van der Waals surface area contributed by atoms with Crippen molar-refractivity contribution in [2.24, 2.45) is 0 Å². The summed E-state index contributed by atoms with van der Waals surface area (Å²) in [6.45, 7) is 0. The highest BCUT2D eigenvalue weighted by Crippen LogP contribution is 2.29. The number of pyridine rings is 1. The van der Waals surface area contributed by atoms with Gasteiger partial charge in [-0.05, 0) is 30.3 Å². The van der Waals surface area contributed by atoms with Crippen LogP contribution in [-0.2, 0) is 0 Å². The topological polar surface area (TPSA) is 94.7 Å². The van der Waals surface area contributed by atoms with E-state index in [1.165, 1.54) is 0 Å². The molecule has 0 aliphatic heterocycles. The smallest absolute Gasteiger partial charge is 0.270 e. The zero-order valence-corrected chi connectivity index (χ0v) is 13.0. The third kappa shape index (κ3) is 2.09. The van der Waals surface area contributed by atoms with Gasteiger partial charge in [0.2, 0.25) is 0 Å². The van der Waals surface area contributed by atoms with Crippen LogP contribution in [0, 0.1) is 11.3 Å². The number of nitrogens with one attached hydrogen (secondary N) is 1. The molecule has 0 saturated heterocycles. The first-order chi connectivity index (χ1) is 11.7. The van der Waals surface area contributed by atoms with Crippen LogP contribution in [0.2, 0.25) is 0 Å². The maximum atomic E-state index is 11.8. The summed E-state index contributed by atoms with van der Waals surface area (Å²) in [5.74, 6) is -0.315. The van der Waals surface area contributed by atoms with Crippen molar-refractivity contribution in [1.29, 1.82) is 5.26 Å². The van der Waals surface area contributed by atoms with Gasteiger partial charge in [-0.2, -0.15) is 5.26 Å². The number of thiazole rings is 1. The minimum Gasteiger partial charge on any atom is -0.504 e. The fraction of sp³-hybridized carbons (Fsp3) is 0. The molecular formula is C17H10N4O2S. The first kappa shape index (κ1) is 14.2. The third-order valence-electron chi connectivity index (χ3n) is 3.76. The quantitative estimate of drug-likeness (QED) is 0.589. The molecule has 24 heavy (non-hydrogen) atoms. The summed E-state index contributed by atoms with van der Waals surface area (Å²) < 4.78 is 1.73. The maximum absolute atomic E-state index is 11.8. The van der Waals surface area contributed by atoms with E-state index in [1.807, 2.05) is 29.6 Å². The zero-order chi connectivity index (χ0) is 16.7. The summed E-state index contributed by atoms with van der Waals surface area (Å²) in [5.41, 5.74) is 1.78. The monoisotopic (exact) mass is 334 g/mol. The zero-order valence-electron chi connectivity index (χ0n) is 12.2. The third-order valence-corrected chi connectivity index (χ3v) is 4.58. The van der Waals surface area contributed by atoms with Gasteiger partial charge in [0.15, 0.2) is 11.3 Å². The summed E-state index contributed by atoms with van der Waals surface area (Å²) in [6.07, 6.45) is 3.49. The van der Waals surface area contributed by atoms with Gasteiger partial charge in [0.1, 0.15) is 16.6 Å². The maximum Gasteiger partial charge on any atom is 0.270 e. The second-order valence-corrected chi connectivity index (χ2v) is 6.02. The van der Waals surface area contributed by atoms with Crippen LogP contribution in [0.5, 0.6) is 5.75 Å². The Kier molecular flexibility index (Phi) is 3.18. The molecule has 0 saturated carbocycles. The molecule has 0 amide bonds. The van der Waals surface area contributed by atoms with Crippen LogP contribution < -0.4 is 5.56 Å². The predicted octanol–water partition coefficient (Wildman–Crippen LogP) is 3.02. The lowest BCUT2D eigenvalue weighted by Gasteiger charge is -2.08. The van der Waals surface area contributed by atoms with Crippen molar-refractivity contribution in [3.63, 3.8) is 0 Å². The molecule has 6 nitrogen and oxygen atoms in total. The van der Waals surface area contributed by atoms with Gasteiger partial charge in [-0.1, -0.05) is 0 Å². The molecule has 0 atom stereocenters. The number of aromatic hydroxyl groups is 1. The molecule has 3 aromatic heterocycles. The number of H-pyrrole nitrogens is 1. The van der Waals surface area contributed by atoms with Gasteiger partial charge in [0, 0.05) is 29.0 Å². The van der Waals surface area contributed by atoms with Crippen molar-refractivity contribution in [2.45, 2.75) is 0 Å². The second kappa shape index (κ2) is 5.37. The van der Waals surface area contributed by atoms with Crippen molar-refractivity contribution >= 4 is 22.4 Å². The van der Waals surface area contributed by atoms with Gasteiger partial charge < -0.3 is 14.7 Å². The molecule has 0 radical (unpaired) electrons. The molecule has 2 N–H and O–H groups in total. The highest BCUT2D eigenvalue weighted by Gasteiger charge is 2.15. The van der Waals surface area contributed by atoms with Crippen LogP contribution in [-0.4, -0.2) is 19.6 Å². The average Bonchev–Trinajstić information content (AvgIpc) is 3.25. The van der Waals surface area contributed by atoms with Crippen molar-refractivity contribution in [3.05, 3.63) is 64.0 Å². The van der Waals surface area contributed by atoms with Crippen molar-refractivity contribution in [3.8, 4) is 28.1 Å². The molecule has 0 unspecified atom stereocenters. The predicted molar refractivity (Wildman–Crippen MR) is 91.4 cm³/mol. The molecule has 0 spiro atoms. The minimum atomic E-state index is -0.598. The minimum absolute atomic E-state index is 0.290. The summed E-state index contributed by atoms with van der Waals surface area (Å²) in [7, 11) is 0. The van der Waals surface area contributed by atoms with Gasteiger partial charge >= 0.3 is 0 Å². The Morgan fingerprint density at radius 1 is 1.25 bits per heavy atom. The Hall–Kier alpha value is -3.37. The summed E-state index contributed by atoms with van der Waals surface area (Å²) in [6, 6.07) is 11.1. The van der Waals surface area contributed by atoms with E-state index in [0.29, 0.717) is 11.0 Å². The van der Waals surface area contributed by atoms with Crippen LogP contribution in [0.3, 0.4) is 0 Å². The molecule has 3 heterocycles. The van der Waals surface area contributed by atoms with Crippen LogP contribution in [0.25, 0.3) is 27.3 Å². The first-order valence-corrected chi connectivity index (χ1v) is 7.93. The Morgan fingerprint density at radius 2 is 2.04 bits per heavy atom. The van der Waals surface area contributed by atoms with E-state index < -0.39 is 5.56 Å². The van der Waals surface area contributed by atoms with E-state index in [-0.39, 0.29) is 11.3 Å². The van der Waals surface area contributed by atoms with Crippen LogP contribution >= 0.6 is 11.3 Å². The largest absolute Gasteiger partial charge is 0.504 e. The van der Waals surface area contributed by atoms with Gasteiger partial charge in [-0.15, -0.1) is 11.3 Å². The second-order valence-electron chi connectivity index (χ2n) is 5.12. The van der Waals surface area contributed by atoms with Crippen LogP contribution in [0.1, 0.15) is 5.56 Å². The van der Waals surface area contributed by atoms with Gasteiger partial charge in [0.25, 0.3) is 5.56 Å². The van der Waals surface area contributed by atoms with Crippen LogP contribution in [0.4, 0.5) is 0 Å². The van der Waals surface area contributed by atoms with E-state index in [1.54, 1.807) is 40.4 Å². The Labute approximate surface area is 139 Å². The molecule has 1 aromatic carbocycles. The molecule has 4 aromatic rings. The van der Waals surface area contributed by atoms with E-state index in [4.69, 9.17) is 5.26 Å². The van der Waals surface area contributed by atoms with Crippen LogP contribution in [0.15, 0.2) is 52.9 Å². The van der Waals surface area contributed by atoms with Crippen molar-refractivity contribution < 1.29 is 5.11 Å². The number of benzene rings is 1. The summed E-state index contributed by atoms with van der Waals surface area (Å²) in [5, 5.41) is 22.2. The molecule has 0 aliphatic carbocycles. The lowest BCUT2D eigenvalue weighted by molar-refractivity contribution is 0.476. The lowest BCUT2D eigenvalue weighted by atomic mass is 10.2. The normalized spacial score (nSPS) is 10.8. The Balaban J connectivity index is 1.88. The first-order valence-electron chi connectivity index (χ1n) is 7.06. The fourth-order valence-electron chi connectivity index (χ4n) is 2.64. The number of nitriles is 1. The summed E-state index contributed by atoms with van der Waals surface area (Å²) in [4.78, 5) is 18.6. The summed E-state index contributed by atoms with van der Waals surface area (Å²) >= 11 is 1.56. The average molecular weight is 334 g/mol. The van der Waals surface area contributed by atoms with Gasteiger partial charge in [-0.25, -0.2) is 4.98 Å². The number of fused-ring (bicyclic) bond motifs is 1. The number of rotatable bonds is 2. The van der Waals surface area contributed by atoms with Crippen molar-refractivity contribution in [1.82, 2.24) is 14.5 Å². The van der Waals surface area contributed by atoms with Gasteiger partial charge in [0.05, 0.1) is 5.52 Å². The van der Waals surface area contributed by atoms with E-state index >= 15 is 0 Å². The fourth-order valence-corrected chi connectivity index (χ4v) is 3.28. The molecule has 7 heteroatoms. The number of nitrogens with zero attached hydrogens (tertiary/aromatic N) is 3. The van der Waals surface area contributed by atoms with E-state index in [2.05, 4.69) is 9.97 Å². The molecule has 0 bridgehead atoms. The highest BCUT2D eigenvalue weighted by atomic mass is 32.1. The number of aromatic nitrogens is 3. The van der Waals surface area contributed by atoms with Gasteiger partial charge in [-0.3, -0.25) is 4.79 Å². The van der Waals surface area contributed by atoms with E-state index in [0.717, 1.165) is 16.3 Å². The molecule has 4 rings (SSSR count). The highest BCUT2D eigenvalue weighted by molar-refractivity contribution is 7.13. The number of hydrogen-bond donors (Lipinski definition) is 2. The Bertz CT molecular complexity index is 1130. The number of hydrogen-bond acceptors (Lipinski definition) is 5.